The van der Waals surface area contributed by atoms with Gasteiger partial charge in [0.05, 0.1) is 0 Å². The lowest BCUT2D eigenvalue weighted by molar-refractivity contribution is -0.150. The van der Waals surface area contributed by atoms with Crippen LogP contribution in [0.5, 0.6) is 5.75 Å². The third kappa shape index (κ3) is 9.61. The monoisotopic (exact) mass is 428 g/mol. The molecule has 0 aliphatic carbocycles. The van der Waals surface area contributed by atoms with Crippen LogP contribution in [0.25, 0.3) is 0 Å². The zero-order valence-corrected chi connectivity index (χ0v) is 15.3. The number of esters is 1. The maximum atomic E-state index is 12.1. The quantitative estimate of drug-likeness (QED) is 0.160. The van der Waals surface area contributed by atoms with Gasteiger partial charge in [-0.3, -0.25) is 9.59 Å². The van der Waals surface area contributed by atoms with Crippen molar-refractivity contribution < 1.29 is 53.2 Å². The molecule has 0 spiro atoms. The van der Waals surface area contributed by atoms with E-state index in [4.69, 9.17) is 24.7 Å². The average molecular weight is 428 g/mol. The van der Waals surface area contributed by atoms with Gasteiger partial charge in [0.2, 0.25) is 0 Å². The van der Waals surface area contributed by atoms with Crippen molar-refractivity contribution in [1.82, 2.24) is 10.2 Å². The first-order valence-electron chi connectivity index (χ1n) is 7.11. The molecule has 0 heterocycles. The Balaban J connectivity index is 2.86. The van der Waals surface area contributed by atoms with Crippen LogP contribution in [0.3, 0.4) is 0 Å². The summed E-state index contributed by atoms with van der Waals surface area (Å²) >= 11 is 0. The van der Waals surface area contributed by atoms with E-state index in [1.807, 2.05) is 0 Å². The van der Waals surface area contributed by atoms with Crippen LogP contribution >= 0.6 is 15.5 Å². The summed E-state index contributed by atoms with van der Waals surface area (Å²) < 4.78 is 26.6. The number of ether oxygens (including phenoxy) is 1. The highest BCUT2D eigenvalue weighted by atomic mass is 31.2. The molecular weight excluding hydrogens is 410 g/mol. The second kappa shape index (κ2) is 9.40. The Bertz CT molecular complexity index is 757. The van der Waals surface area contributed by atoms with Crippen LogP contribution in [0.15, 0.2) is 24.3 Å². The van der Waals surface area contributed by atoms with Gasteiger partial charge in [0.1, 0.15) is 24.4 Å². The zero-order chi connectivity index (χ0) is 20.8. The molecule has 0 aromatic heterocycles. The topological polar surface area (TPSA) is 223 Å². The summed E-state index contributed by atoms with van der Waals surface area (Å²) in [7, 11) is -9.82. The molecule has 2 atom stereocenters. The summed E-state index contributed by atoms with van der Waals surface area (Å²) in [6.45, 7) is -1.01. The Morgan fingerprint density at radius 3 is 1.89 bits per heavy atom. The number of carbonyl (C=O) groups is 2. The van der Waals surface area contributed by atoms with Gasteiger partial charge in [0, 0.05) is 0 Å². The van der Waals surface area contributed by atoms with Crippen LogP contribution in [0, 0.1) is 0 Å². The molecule has 15 heteroatoms. The van der Waals surface area contributed by atoms with Crippen LogP contribution in [0.4, 0.5) is 0 Å². The van der Waals surface area contributed by atoms with Gasteiger partial charge in [-0.05, 0) is 24.1 Å². The van der Waals surface area contributed by atoms with Crippen molar-refractivity contribution in [2.75, 3.05) is 6.61 Å². The third-order valence-electron chi connectivity index (χ3n) is 3.00. The number of nitrogens with one attached hydrogen (secondary N) is 2. The normalized spacial score (nSPS) is 14.4. The first kappa shape index (κ1) is 23.2. The predicted molar refractivity (Wildman–Crippen MR) is 88.3 cm³/mol. The zero-order valence-electron chi connectivity index (χ0n) is 13.5. The molecule has 0 amide bonds. The number of aromatic hydroxyl groups is 1. The van der Waals surface area contributed by atoms with Gasteiger partial charge in [0.15, 0.2) is 0 Å². The van der Waals surface area contributed by atoms with Crippen molar-refractivity contribution in [2.45, 2.75) is 18.5 Å². The average Bonchev–Trinajstić information content (AvgIpc) is 2.50. The first-order chi connectivity index (χ1) is 12.3. The summed E-state index contributed by atoms with van der Waals surface area (Å²) in [5.74, 6) is -3.05. The van der Waals surface area contributed by atoms with E-state index in [9.17, 15) is 23.8 Å². The Morgan fingerprint density at radius 2 is 1.44 bits per heavy atom. The lowest BCUT2D eigenvalue weighted by Crippen LogP contribution is -2.43. The molecule has 0 aliphatic rings. The van der Waals surface area contributed by atoms with Crippen LogP contribution in [-0.2, 0) is 29.9 Å². The standard InChI is InChI=1S/C12H18N2O11P2/c15-8-3-1-7(2-4-8)5-9(13-26(19,20)21)12(18)25-6-10(11(16)17)14-27(22,23)24/h1-4,9-10,15H,5-6H2,(H,16,17)(H3,13,19,20,21)(H3,14,22,23,24)/t9-,10-/m0/s1. The van der Waals surface area contributed by atoms with Crippen LogP contribution in [-0.4, -0.2) is 60.4 Å². The third-order valence-corrected chi connectivity index (χ3v) is 4.30. The Hall–Kier alpha value is -1.82. The van der Waals surface area contributed by atoms with Gasteiger partial charge in [-0.1, -0.05) is 12.1 Å². The lowest BCUT2D eigenvalue weighted by Gasteiger charge is -2.20. The molecule has 152 valence electrons. The minimum atomic E-state index is -4.94. The molecule has 1 rings (SSSR count). The Kier molecular flexibility index (Phi) is 8.08. The Labute approximate surface area is 152 Å². The van der Waals surface area contributed by atoms with Crippen LogP contribution in [0.1, 0.15) is 5.56 Å². The molecule has 1 aromatic carbocycles. The van der Waals surface area contributed by atoms with E-state index in [1.54, 1.807) is 5.09 Å². The fraction of sp³-hybridized carbons (Fsp3) is 0.333. The van der Waals surface area contributed by atoms with Crippen molar-refractivity contribution in [3.63, 3.8) is 0 Å². The van der Waals surface area contributed by atoms with E-state index < -0.39 is 46.1 Å². The number of phenolic OH excluding ortho intramolecular Hbond substituents is 1. The van der Waals surface area contributed by atoms with Gasteiger partial charge in [-0.15, -0.1) is 0 Å². The summed E-state index contributed by atoms with van der Waals surface area (Å²) in [5, 5.41) is 21.3. The van der Waals surface area contributed by atoms with Crippen LogP contribution in [0.2, 0.25) is 0 Å². The van der Waals surface area contributed by atoms with Gasteiger partial charge in [-0.25, -0.2) is 19.3 Å². The van der Waals surface area contributed by atoms with E-state index in [1.165, 1.54) is 29.4 Å². The number of carbonyl (C=O) groups excluding carboxylic acids is 1. The largest absolute Gasteiger partial charge is 0.508 e. The number of phenols is 1. The minimum absolute atomic E-state index is 0.0753. The highest BCUT2D eigenvalue weighted by molar-refractivity contribution is 7.49. The van der Waals surface area contributed by atoms with Crippen molar-refractivity contribution >= 4 is 27.4 Å². The number of carboxylic acid groups (broad SMARTS) is 1. The number of carboxylic acids is 1. The van der Waals surface area contributed by atoms with Gasteiger partial charge >= 0.3 is 27.4 Å². The molecule has 0 saturated carbocycles. The highest BCUT2D eigenvalue weighted by Gasteiger charge is 2.31. The molecule has 0 aliphatic heterocycles. The fourth-order valence-corrected chi connectivity index (χ4v) is 3.08. The molecule has 13 nitrogen and oxygen atoms in total. The Morgan fingerprint density at radius 1 is 0.963 bits per heavy atom. The van der Waals surface area contributed by atoms with Crippen molar-refractivity contribution in [3.05, 3.63) is 29.8 Å². The number of benzene rings is 1. The minimum Gasteiger partial charge on any atom is -0.508 e. The number of hydrogen-bond donors (Lipinski definition) is 8. The molecule has 27 heavy (non-hydrogen) atoms. The van der Waals surface area contributed by atoms with Crippen molar-refractivity contribution in [3.8, 4) is 5.75 Å². The molecule has 0 unspecified atom stereocenters. The summed E-state index contributed by atoms with van der Waals surface area (Å²) in [6.07, 6.45) is -0.284. The number of aliphatic carboxylic acids is 1. The summed E-state index contributed by atoms with van der Waals surface area (Å²) in [5.41, 5.74) is 0.388. The smallest absolute Gasteiger partial charge is 0.401 e. The molecule has 8 N–H and O–H groups in total. The predicted octanol–water partition coefficient (Wildman–Crippen LogP) is -1.34. The summed E-state index contributed by atoms with van der Waals surface area (Å²) in [4.78, 5) is 58.6. The van der Waals surface area contributed by atoms with E-state index in [-0.39, 0.29) is 12.2 Å². The van der Waals surface area contributed by atoms with Gasteiger partial charge in [0.25, 0.3) is 0 Å². The van der Waals surface area contributed by atoms with E-state index in [0.29, 0.717) is 5.56 Å². The molecule has 1 aromatic rings. The van der Waals surface area contributed by atoms with Gasteiger partial charge in [-0.2, -0.15) is 0 Å². The van der Waals surface area contributed by atoms with Crippen molar-refractivity contribution in [1.29, 1.82) is 0 Å². The second-order valence-corrected chi connectivity index (χ2v) is 7.98. The van der Waals surface area contributed by atoms with Crippen molar-refractivity contribution in [2.24, 2.45) is 0 Å². The molecule has 0 saturated heterocycles. The number of rotatable bonds is 10. The van der Waals surface area contributed by atoms with E-state index >= 15 is 0 Å². The lowest BCUT2D eigenvalue weighted by atomic mass is 10.1. The maximum absolute atomic E-state index is 12.1. The second-order valence-electron chi connectivity index (χ2n) is 5.29. The maximum Gasteiger partial charge on any atom is 0.401 e. The van der Waals surface area contributed by atoms with E-state index in [0.717, 1.165) is 0 Å². The SMILES string of the molecule is O=C(O)[C@H](COC(=O)[C@H](Cc1ccc(O)cc1)NP(=O)(O)O)NP(=O)(O)O. The molecular formula is C12H18N2O11P2. The molecule has 0 radical (unpaired) electrons. The first-order valence-corrected chi connectivity index (χ1v) is 10.3. The van der Waals surface area contributed by atoms with E-state index in [2.05, 4.69) is 4.74 Å². The highest BCUT2D eigenvalue weighted by Crippen LogP contribution is 2.31. The van der Waals surface area contributed by atoms with Crippen LogP contribution < -0.4 is 10.2 Å². The summed E-state index contributed by atoms with van der Waals surface area (Å²) in [6, 6.07) is 1.77. The number of hydrogen-bond acceptors (Lipinski definition) is 6. The molecule has 0 fully saturated rings. The molecule has 0 bridgehead atoms. The van der Waals surface area contributed by atoms with Gasteiger partial charge < -0.3 is 34.5 Å². The fourth-order valence-electron chi connectivity index (χ4n) is 1.89.